The minimum Gasteiger partial charge on any atom is -0.271 e. The third-order valence-electron chi connectivity index (χ3n) is 4.41. The number of nitrogens with one attached hydrogen (secondary N) is 1. The van der Waals surface area contributed by atoms with Gasteiger partial charge in [0.2, 0.25) is 0 Å². The fourth-order valence-corrected chi connectivity index (χ4v) is 3.17. The van der Waals surface area contributed by atoms with E-state index in [1.54, 1.807) is 0 Å². The predicted molar refractivity (Wildman–Crippen MR) is 72.6 cm³/mol. The summed E-state index contributed by atoms with van der Waals surface area (Å²) in [6.45, 7) is 2.18. The first-order valence-corrected chi connectivity index (χ1v) is 7.09. The normalized spacial score (nSPS) is 24.9. The molecular weight excluding hydrogens is 265 g/mol. The number of hydrogen-bond acceptors (Lipinski definition) is 2. The summed E-state index contributed by atoms with van der Waals surface area (Å²) in [5, 5.41) is 0. The van der Waals surface area contributed by atoms with Crippen molar-refractivity contribution in [3.63, 3.8) is 0 Å². The summed E-state index contributed by atoms with van der Waals surface area (Å²) in [4.78, 5) is 0. The van der Waals surface area contributed by atoms with Gasteiger partial charge in [-0.05, 0) is 42.4 Å². The molecule has 2 nitrogen and oxygen atoms in total. The molecule has 1 aliphatic rings. The molecule has 0 spiro atoms. The van der Waals surface area contributed by atoms with E-state index in [-0.39, 0.29) is 6.04 Å². The zero-order valence-corrected chi connectivity index (χ0v) is 11.6. The van der Waals surface area contributed by atoms with E-state index in [2.05, 4.69) is 12.3 Å². The van der Waals surface area contributed by atoms with E-state index in [4.69, 9.17) is 5.84 Å². The number of benzene rings is 1. The second kappa shape index (κ2) is 6.14. The zero-order chi connectivity index (χ0) is 14.8. The van der Waals surface area contributed by atoms with E-state index >= 15 is 0 Å². The average molecular weight is 286 g/mol. The maximum absolute atomic E-state index is 12.6. The Morgan fingerprint density at radius 1 is 1.25 bits per heavy atom. The summed E-state index contributed by atoms with van der Waals surface area (Å²) in [5.41, 5.74) is 3.00. The monoisotopic (exact) mass is 286 g/mol. The van der Waals surface area contributed by atoms with Gasteiger partial charge in [0, 0.05) is 6.04 Å². The summed E-state index contributed by atoms with van der Waals surface area (Å²) in [6.07, 6.45) is 0.215. The summed E-state index contributed by atoms with van der Waals surface area (Å²) >= 11 is 0. The number of nitrogens with two attached hydrogens (primary N) is 1. The Morgan fingerprint density at radius 3 is 2.35 bits per heavy atom. The van der Waals surface area contributed by atoms with Crippen LogP contribution in [-0.2, 0) is 6.18 Å². The minimum atomic E-state index is -4.29. The molecule has 0 heterocycles. The summed E-state index contributed by atoms with van der Waals surface area (Å²) < 4.78 is 37.7. The first-order valence-electron chi connectivity index (χ1n) is 7.09. The Kier molecular flexibility index (Phi) is 4.70. The number of hydrogen-bond donors (Lipinski definition) is 2. The van der Waals surface area contributed by atoms with Gasteiger partial charge in [-0.25, -0.2) is 0 Å². The Labute approximate surface area is 117 Å². The molecule has 20 heavy (non-hydrogen) atoms. The summed E-state index contributed by atoms with van der Waals surface area (Å²) in [7, 11) is 0. The van der Waals surface area contributed by atoms with Gasteiger partial charge < -0.3 is 0 Å². The first kappa shape index (κ1) is 15.3. The molecule has 0 aromatic heterocycles. The van der Waals surface area contributed by atoms with Crippen molar-refractivity contribution in [3.05, 3.63) is 35.4 Å². The van der Waals surface area contributed by atoms with Gasteiger partial charge in [-0.15, -0.1) is 0 Å². The van der Waals surface area contributed by atoms with E-state index in [1.165, 1.54) is 18.6 Å². The van der Waals surface area contributed by atoms with E-state index in [0.29, 0.717) is 11.8 Å². The molecule has 1 saturated carbocycles. The van der Waals surface area contributed by atoms with Crippen LogP contribution in [0.15, 0.2) is 24.3 Å². The van der Waals surface area contributed by atoms with Gasteiger partial charge in [-0.3, -0.25) is 11.3 Å². The quantitative estimate of drug-likeness (QED) is 0.647. The van der Waals surface area contributed by atoms with Crippen molar-refractivity contribution in [1.82, 2.24) is 5.43 Å². The molecule has 0 bridgehead atoms. The fraction of sp³-hybridized carbons (Fsp3) is 0.600. The van der Waals surface area contributed by atoms with Crippen molar-refractivity contribution in [1.29, 1.82) is 0 Å². The molecule has 0 saturated heterocycles. The van der Waals surface area contributed by atoms with Gasteiger partial charge in [-0.2, -0.15) is 13.2 Å². The summed E-state index contributed by atoms with van der Waals surface area (Å²) in [5.74, 6) is 6.74. The zero-order valence-electron chi connectivity index (χ0n) is 11.6. The summed E-state index contributed by atoms with van der Waals surface area (Å²) in [6, 6.07) is 5.27. The SMILES string of the molecule is CCC1CCC(C(NN)c2ccc(C(F)(F)F)cc2)C1. The Balaban J connectivity index is 2.12. The lowest BCUT2D eigenvalue weighted by atomic mass is 9.90. The minimum absolute atomic E-state index is 0.0613. The van der Waals surface area contributed by atoms with Crippen molar-refractivity contribution >= 4 is 0 Å². The van der Waals surface area contributed by atoms with Crippen molar-refractivity contribution < 1.29 is 13.2 Å². The molecule has 3 N–H and O–H groups in total. The molecule has 5 heteroatoms. The fourth-order valence-electron chi connectivity index (χ4n) is 3.17. The largest absolute Gasteiger partial charge is 0.416 e. The van der Waals surface area contributed by atoms with Gasteiger partial charge >= 0.3 is 6.18 Å². The molecule has 3 unspecified atom stereocenters. The second-order valence-electron chi connectivity index (χ2n) is 5.61. The van der Waals surface area contributed by atoms with Crippen LogP contribution in [0.25, 0.3) is 0 Å². The molecule has 1 aromatic carbocycles. The third-order valence-corrected chi connectivity index (χ3v) is 4.41. The lowest BCUT2D eigenvalue weighted by molar-refractivity contribution is -0.137. The standard InChI is InChI=1S/C15H21F3N2/c1-2-10-3-4-12(9-10)14(20-19)11-5-7-13(8-6-11)15(16,17)18/h5-8,10,12,14,20H,2-4,9,19H2,1H3. The maximum Gasteiger partial charge on any atom is 0.416 e. The lowest BCUT2D eigenvalue weighted by Gasteiger charge is -2.24. The van der Waals surface area contributed by atoms with Gasteiger partial charge in [0.25, 0.3) is 0 Å². The van der Waals surface area contributed by atoms with Crippen molar-refractivity contribution in [2.45, 2.75) is 44.8 Å². The van der Waals surface area contributed by atoms with Crippen LogP contribution in [0, 0.1) is 11.8 Å². The Bertz CT molecular complexity index is 428. The average Bonchev–Trinajstić information content (AvgIpc) is 2.88. The van der Waals surface area contributed by atoms with Crippen molar-refractivity contribution in [2.24, 2.45) is 17.7 Å². The second-order valence-corrected chi connectivity index (χ2v) is 5.61. The van der Waals surface area contributed by atoms with Crippen LogP contribution in [-0.4, -0.2) is 0 Å². The third kappa shape index (κ3) is 3.33. The number of halogens is 3. The molecule has 0 amide bonds. The van der Waals surface area contributed by atoms with Gasteiger partial charge in [-0.1, -0.05) is 31.9 Å². The topological polar surface area (TPSA) is 38.0 Å². The Morgan fingerprint density at radius 2 is 1.90 bits per heavy atom. The molecule has 0 aliphatic heterocycles. The van der Waals surface area contributed by atoms with E-state index < -0.39 is 11.7 Å². The van der Waals surface area contributed by atoms with Gasteiger partial charge in [0.1, 0.15) is 0 Å². The van der Waals surface area contributed by atoms with Crippen LogP contribution in [0.3, 0.4) is 0 Å². The van der Waals surface area contributed by atoms with Crippen LogP contribution in [0.2, 0.25) is 0 Å². The first-order chi connectivity index (χ1) is 9.45. The molecule has 1 aromatic rings. The molecule has 0 radical (unpaired) electrons. The van der Waals surface area contributed by atoms with Crippen molar-refractivity contribution in [2.75, 3.05) is 0 Å². The highest BCUT2D eigenvalue weighted by Crippen LogP contribution is 2.40. The van der Waals surface area contributed by atoms with E-state index in [0.717, 1.165) is 37.0 Å². The molecule has 112 valence electrons. The van der Waals surface area contributed by atoms with Crippen LogP contribution >= 0.6 is 0 Å². The molecule has 1 aliphatic carbocycles. The number of hydrazine groups is 1. The molecule has 3 atom stereocenters. The van der Waals surface area contributed by atoms with Crippen LogP contribution in [0.5, 0.6) is 0 Å². The predicted octanol–water partition coefficient (Wildman–Crippen LogP) is 4.04. The smallest absolute Gasteiger partial charge is 0.271 e. The van der Waals surface area contributed by atoms with E-state index in [1.807, 2.05) is 0 Å². The Hall–Kier alpha value is -1.07. The highest BCUT2D eigenvalue weighted by molar-refractivity contribution is 5.27. The molecule has 2 rings (SSSR count). The van der Waals surface area contributed by atoms with Crippen LogP contribution < -0.4 is 11.3 Å². The highest BCUT2D eigenvalue weighted by Gasteiger charge is 2.32. The lowest BCUT2D eigenvalue weighted by Crippen LogP contribution is -2.32. The van der Waals surface area contributed by atoms with Crippen LogP contribution in [0.4, 0.5) is 13.2 Å². The van der Waals surface area contributed by atoms with Gasteiger partial charge in [0.05, 0.1) is 5.56 Å². The number of alkyl halides is 3. The molecular formula is C15H21F3N2. The highest BCUT2D eigenvalue weighted by atomic mass is 19.4. The maximum atomic E-state index is 12.6. The molecule has 1 fully saturated rings. The van der Waals surface area contributed by atoms with Gasteiger partial charge in [0.15, 0.2) is 0 Å². The van der Waals surface area contributed by atoms with E-state index in [9.17, 15) is 13.2 Å². The number of rotatable bonds is 4. The van der Waals surface area contributed by atoms with Crippen LogP contribution in [0.1, 0.15) is 49.8 Å². The van der Waals surface area contributed by atoms with Crippen molar-refractivity contribution in [3.8, 4) is 0 Å².